The Morgan fingerprint density at radius 3 is 2.19 bits per heavy atom. The van der Waals surface area contributed by atoms with Crippen molar-refractivity contribution in [3.05, 3.63) is 90.0 Å². The first-order chi connectivity index (χ1) is 13.0. The number of nitrogens with zero attached hydrogens (tertiary/aromatic N) is 1. The first kappa shape index (κ1) is 18.5. The first-order valence-corrected chi connectivity index (χ1v) is 9.57. The lowest BCUT2D eigenvalue weighted by Crippen LogP contribution is -2.16. The number of rotatable bonds is 6. The maximum absolute atomic E-state index is 12.7. The van der Waals surface area contributed by atoms with E-state index < -0.39 is 10.0 Å². The van der Waals surface area contributed by atoms with E-state index in [1.165, 1.54) is 19.2 Å². The lowest BCUT2D eigenvalue weighted by Gasteiger charge is -2.14. The highest BCUT2D eigenvalue weighted by Crippen LogP contribution is 2.24. The van der Waals surface area contributed by atoms with Crippen LogP contribution in [0.2, 0.25) is 0 Å². The topological polar surface area (TPSA) is 88.0 Å². The molecule has 0 aliphatic carbocycles. The standard InChI is InChI=1S/C20H18N2O4S/c1-26-16-11-13-17(14-12-16)27(24,25)22-19-10-6-5-9-18(19)20(21-23)15-7-3-2-4-8-15/h2-14,22-23H,1H3. The van der Waals surface area contributed by atoms with Crippen LogP contribution in [0, 0.1) is 0 Å². The van der Waals surface area contributed by atoms with Crippen LogP contribution in [0.4, 0.5) is 5.69 Å². The Balaban J connectivity index is 1.98. The average Bonchev–Trinajstić information content (AvgIpc) is 2.70. The summed E-state index contributed by atoms with van der Waals surface area (Å²) in [6, 6.07) is 21.8. The summed E-state index contributed by atoms with van der Waals surface area (Å²) in [5.74, 6) is 0.563. The van der Waals surface area contributed by atoms with Crippen LogP contribution in [0.1, 0.15) is 11.1 Å². The van der Waals surface area contributed by atoms with Crippen molar-refractivity contribution in [2.45, 2.75) is 4.90 Å². The Morgan fingerprint density at radius 1 is 0.926 bits per heavy atom. The number of methoxy groups -OCH3 is 1. The number of benzene rings is 3. The van der Waals surface area contributed by atoms with Gasteiger partial charge in [-0.2, -0.15) is 0 Å². The number of anilines is 1. The molecule has 3 aromatic rings. The van der Waals surface area contributed by atoms with E-state index in [1.807, 2.05) is 18.2 Å². The van der Waals surface area contributed by atoms with Crippen LogP contribution in [-0.4, -0.2) is 26.4 Å². The van der Waals surface area contributed by atoms with Gasteiger partial charge in [0.25, 0.3) is 10.0 Å². The summed E-state index contributed by atoms with van der Waals surface area (Å²) in [4.78, 5) is 0.0975. The minimum absolute atomic E-state index is 0.0975. The molecular formula is C20H18N2O4S. The van der Waals surface area contributed by atoms with E-state index >= 15 is 0 Å². The molecule has 0 fully saturated rings. The highest BCUT2D eigenvalue weighted by Gasteiger charge is 2.19. The molecule has 0 aliphatic rings. The number of sulfonamides is 1. The first-order valence-electron chi connectivity index (χ1n) is 8.09. The van der Waals surface area contributed by atoms with Gasteiger partial charge in [-0.1, -0.05) is 53.7 Å². The summed E-state index contributed by atoms with van der Waals surface area (Å²) < 4.78 is 33.1. The molecule has 0 aliphatic heterocycles. The molecule has 27 heavy (non-hydrogen) atoms. The van der Waals surface area contributed by atoms with Crippen LogP contribution in [0.5, 0.6) is 5.75 Å². The average molecular weight is 382 g/mol. The molecule has 0 saturated heterocycles. The van der Waals surface area contributed by atoms with E-state index in [2.05, 4.69) is 9.88 Å². The molecule has 0 heterocycles. The summed E-state index contributed by atoms with van der Waals surface area (Å²) in [5, 5.41) is 12.9. The third-order valence-electron chi connectivity index (χ3n) is 3.94. The number of oxime groups is 1. The van der Waals surface area contributed by atoms with Crippen LogP contribution in [0.3, 0.4) is 0 Å². The number of para-hydroxylation sites is 1. The second-order valence-corrected chi connectivity index (χ2v) is 7.32. The van der Waals surface area contributed by atoms with Gasteiger partial charge in [0.15, 0.2) is 0 Å². The maximum atomic E-state index is 12.7. The molecule has 0 unspecified atom stereocenters. The summed E-state index contributed by atoms with van der Waals surface area (Å²) in [5.41, 5.74) is 1.70. The van der Waals surface area contributed by atoms with E-state index in [9.17, 15) is 13.6 Å². The molecule has 7 heteroatoms. The largest absolute Gasteiger partial charge is 0.497 e. The Kier molecular flexibility index (Phi) is 5.42. The van der Waals surface area contributed by atoms with Gasteiger partial charge in [0, 0.05) is 11.1 Å². The zero-order valence-electron chi connectivity index (χ0n) is 14.5. The minimum Gasteiger partial charge on any atom is -0.497 e. The molecule has 3 rings (SSSR count). The lowest BCUT2D eigenvalue weighted by molar-refractivity contribution is 0.319. The maximum Gasteiger partial charge on any atom is 0.261 e. The minimum atomic E-state index is -3.83. The van der Waals surface area contributed by atoms with E-state index in [-0.39, 0.29) is 10.6 Å². The van der Waals surface area contributed by atoms with Crippen LogP contribution in [-0.2, 0) is 10.0 Å². The Morgan fingerprint density at radius 2 is 1.56 bits per heavy atom. The second kappa shape index (κ2) is 7.92. The molecule has 6 nitrogen and oxygen atoms in total. The highest BCUT2D eigenvalue weighted by atomic mass is 32.2. The Labute approximate surface area is 157 Å². The quantitative estimate of drug-likeness (QED) is 0.386. The van der Waals surface area contributed by atoms with Crippen molar-refractivity contribution in [1.82, 2.24) is 0 Å². The fourth-order valence-electron chi connectivity index (χ4n) is 2.60. The number of ether oxygens (including phenoxy) is 1. The number of hydrogen-bond donors (Lipinski definition) is 2. The smallest absolute Gasteiger partial charge is 0.261 e. The Hall–Kier alpha value is -3.32. The second-order valence-electron chi connectivity index (χ2n) is 5.64. The molecule has 3 aromatic carbocycles. The SMILES string of the molecule is COc1ccc(S(=O)(=O)Nc2ccccc2C(=NO)c2ccccc2)cc1. The van der Waals surface area contributed by atoms with Gasteiger partial charge in [-0.15, -0.1) is 0 Å². The third kappa shape index (κ3) is 4.09. The molecule has 2 N–H and O–H groups in total. The zero-order chi connectivity index (χ0) is 19.3. The van der Waals surface area contributed by atoms with Gasteiger partial charge in [-0.3, -0.25) is 4.72 Å². The number of hydrogen-bond acceptors (Lipinski definition) is 5. The molecule has 0 spiro atoms. The molecule has 0 amide bonds. The third-order valence-corrected chi connectivity index (χ3v) is 5.32. The molecule has 0 atom stereocenters. The van der Waals surface area contributed by atoms with Crippen molar-refractivity contribution in [2.75, 3.05) is 11.8 Å². The van der Waals surface area contributed by atoms with Gasteiger partial charge in [0.2, 0.25) is 0 Å². The monoisotopic (exact) mass is 382 g/mol. The molecule has 0 aromatic heterocycles. The van der Waals surface area contributed by atoms with Crippen molar-refractivity contribution in [2.24, 2.45) is 5.16 Å². The van der Waals surface area contributed by atoms with E-state index in [0.717, 1.165) is 0 Å². The predicted octanol–water partition coefficient (Wildman–Crippen LogP) is 3.72. The fraction of sp³-hybridized carbons (Fsp3) is 0.0500. The van der Waals surface area contributed by atoms with Gasteiger partial charge < -0.3 is 9.94 Å². The fourth-order valence-corrected chi connectivity index (χ4v) is 3.68. The van der Waals surface area contributed by atoms with Crippen molar-refractivity contribution in [3.63, 3.8) is 0 Å². The zero-order valence-corrected chi connectivity index (χ0v) is 15.3. The summed E-state index contributed by atoms with van der Waals surface area (Å²) in [7, 11) is -2.32. The molecule has 0 saturated carbocycles. The van der Waals surface area contributed by atoms with E-state index in [4.69, 9.17) is 4.74 Å². The highest BCUT2D eigenvalue weighted by molar-refractivity contribution is 7.92. The van der Waals surface area contributed by atoms with Gasteiger partial charge in [0.1, 0.15) is 11.5 Å². The van der Waals surface area contributed by atoms with Crippen LogP contribution < -0.4 is 9.46 Å². The van der Waals surface area contributed by atoms with Crippen molar-refractivity contribution >= 4 is 21.4 Å². The number of nitrogens with one attached hydrogen (secondary N) is 1. The summed E-state index contributed by atoms with van der Waals surface area (Å²) in [6.07, 6.45) is 0. The molecule has 138 valence electrons. The summed E-state index contributed by atoms with van der Waals surface area (Å²) in [6.45, 7) is 0. The van der Waals surface area contributed by atoms with Crippen molar-refractivity contribution in [1.29, 1.82) is 0 Å². The molecular weight excluding hydrogens is 364 g/mol. The van der Waals surface area contributed by atoms with E-state index in [1.54, 1.807) is 48.5 Å². The van der Waals surface area contributed by atoms with Crippen LogP contribution >= 0.6 is 0 Å². The predicted molar refractivity (Wildman–Crippen MR) is 104 cm³/mol. The van der Waals surface area contributed by atoms with Gasteiger partial charge >= 0.3 is 0 Å². The van der Waals surface area contributed by atoms with Gasteiger partial charge in [-0.05, 0) is 30.3 Å². The van der Waals surface area contributed by atoms with E-state index in [0.29, 0.717) is 22.6 Å². The van der Waals surface area contributed by atoms with Gasteiger partial charge in [0.05, 0.1) is 17.7 Å². The normalized spacial score (nSPS) is 11.8. The lowest BCUT2D eigenvalue weighted by atomic mass is 10.0. The van der Waals surface area contributed by atoms with Gasteiger partial charge in [-0.25, -0.2) is 8.42 Å². The Bertz CT molecular complexity index is 1050. The molecule has 0 radical (unpaired) electrons. The van der Waals surface area contributed by atoms with Crippen LogP contribution in [0.15, 0.2) is 88.9 Å². The molecule has 0 bridgehead atoms. The van der Waals surface area contributed by atoms with Crippen LogP contribution in [0.25, 0.3) is 0 Å². The van der Waals surface area contributed by atoms with Crippen molar-refractivity contribution in [3.8, 4) is 5.75 Å². The summed E-state index contributed by atoms with van der Waals surface area (Å²) >= 11 is 0. The van der Waals surface area contributed by atoms with Crippen molar-refractivity contribution < 1.29 is 18.4 Å².